The van der Waals surface area contributed by atoms with Crippen molar-refractivity contribution in [3.63, 3.8) is 0 Å². The van der Waals surface area contributed by atoms with E-state index >= 15 is 0 Å². The largest absolute Gasteiger partial charge is 0.488 e. The molecule has 2 atom stereocenters. The average molecular weight is 250 g/mol. The number of hydrogen-bond donors (Lipinski definition) is 1. The van der Waals surface area contributed by atoms with Gasteiger partial charge in [0.15, 0.2) is 0 Å². The number of aromatic nitrogens is 1. The van der Waals surface area contributed by atoms with Crippen LogP contribution in [0.15, 0.2) is 18.5 Å². The van der Waals surface area contributed by atoms with Crippen molar-refractivity contribution in [2.24, 2.45) is 11.7 Å². The van der Waals surface area contributed by atoms with E-state index in [1.807, 2.05) is 6.07 Å². The molecular weight excluding hydrogens is 232 g/mol. The summed E-state index contributed by atoms with van der Waals surface area (Å²) in [7, 11) is 0. The van der Waals surface area contributed by atoms with Gasteiger partial charge in [0.25, 0.3) is 0 Å². The minimum atomic E-state index is 0.274. The molecule has 0 amide bonds. The zero-order valence-electron chi connectivity index (χ0n) is 10.1. The molecule has 3 nitrogen and oxygen atoms in total. The maximum absolute atomic E-state index is 5.99. The number of nitrogens with two attached hydrogens (primary N) is 1. The molecule has 1 heterocycles. The van der Waals surface area contributed by atoms with Crippen LogP contribution < -0.4 is 10.5 Å². The van der Waals surface area contributed by atoms with Gasteiger partial charge in [-0.15, -0.1) is 0 Å². The van der Waals surface area contributed by atoms with Gasteiger partial charge in [-0.1, -0.05) is 25.6 Å². The molecule has 0 aromatic carbocycles. The Labute approximate surface area is 107 Å². The molecule has 2 unspecified atom stereocenters. The quantitative estimate of drug-likeness (QED) is 0.838. The van der Waals surface area contributed by atoms with Crippen molar-refractivity contribution in [1.29, 1.82) is 0 Å². The highest BCUT2D eigenvalue weighted by atomic mass is 32.1. The van der Waals surface area contributed by atoms with Crippen LogP contribution in [0.2, 0.25) is 0 Å². The van der Waals surface area contributed by atoms with Crippen molar-refractivity contribution in [3.8, 4) is 5.75 Å². The van der Waals surface area contributed by atoms with Gasteiger partial charge in [0.05, 0.1) is 17.9 Å². The van der Waals surface area contributed by atoms with Gasteiger partial charge in [0, 0.05) is 6.20 Å². The maximum atomic E-state index is 5.99. The number of hydrogen-bond acceptors (Lipinski definition) is 3. The fourth-order valence-electron chi connectivity index (χ4n) is 2.34. The fourth-order valence-corrected chi connectivity index (χ4v) is 2.51. The molecular formula is C13H18N2OS. The summed E-state index contributed by atoms with van der Waals surface area (Å²) in [6, 6.07) is 1.81. The molecule has 1 aromatic heterocycles. The summed E-state index contributed by atoms with van der Waals surface area (Å²) in [6.45, 7) is 2.27. The normalized spacial score (nSPS) is 24.3. The van der Waals surface area contributed by atoms with Crippen LogP contribution in [0, 0.1) is 5.92 Å². The molecule has 0 saturated heterocycles. The Balaban J connectivity index is 2.10. The van der Waals surface area contributed by atoms with Crippen LogP contribution in [-0.2, 0) is 0 Å². The first-order valence-electron chi connectivity index (χ1n) is 6.07. The first-order valence-corrected chi connectivity index (χ1v) is 6.48. The molecule has 0 aliphatic heterocycles. The number of pyridine rings is 1. The van der Waals surface area contributed by atoms with Crippen molar-refractivity contribution in [3.05, 3.63) is 24.0 Å². The third kappa shape index (κ3) is 3.16. The molecule has 17 heavy (non-hydrogen) atoms. The predicted octanol–water partition coefficient (Wildman–Crippen LogP) is 2.67. The van der Waals surface area contributed by atoms with Crippen molar-refractivity contribution in [2.45, 2.75) is 38.7 Å². The molecule has 2 N–H and O–H groups in total. The molecule has 0 radical (unpaired) electrons. The molecule has 2 rings (SSSR count). The minimum Gasteiger partial charge on any atom is -0.488 e. The van der Waals surface area contributed by atoms with Crippen LogP contribution in [0.1, 0.15) is 38.2 Å². The van der Waals surface area contributed by atoms with Crippen LogP contribution in [0.25, 0.3) is 0 Å². The van der Waals surface area contributed by atoms with E-state index in [4.69, 9.17) is 22.7 Å². The lowest BCUT2D eigenvalue weighted by Crippen LogP contribution is -2.25. The fraction of sp³-hybridized carbons (Fsp3) is 0.538. The Bertz CT molecular complexity index is 408. The third-order valence-electron chi connectivity index (χ3n) is 3.23. The highest BCUT2D eigenvalue weighted by Crippen LogP contribution is 2.28. The molecule has 1 fully saturated rings. The molecule has 1 aromatic rings. The summed E-state index contributed by atoms with van der Waals surface area (Å²) < 4.78 is 5.99. The van der Waals surface area contributed by atoms with Crippen molar-refractivity contribution in [1.82, 2.24) is 4.98 Å². The van der Waals surface area contributed by atoms with Crippen molar-refractivity contribution < 1.29 is 4.74 Å². The number of thiocarbonyl (C=S) groups is 1. The molecule has 4 heteroatoms. The number of ether oxygens (including phenoxy) is 1. The van der Waals surface area contributed by atoms with Crippen LogP contribution in [0.5, 0.6) is 5.75 Å². The smallest absolute Gasteiger partial charge is 0.148 e. The maximum Gasteiger partial charge on any atom is 0.148 e. The van der Waals surface area contributed by atoms with E-state index in [1.165, 1.54) is 12.8 Å². The van der Waals surface area contributed by atoms with Gasteiger partial charge < -0.3 is 10.5 Å². The van der Waals surface area contributed by atoms with Gasteiger partial charge in [-0.05, 0) is 31.2 Å². The van der Waals surface area contributed by atoms with E-state index in [1.54, 1.807) is 12.4 Å². The lowest BCUT2D eigenvalue weighted by molar-refractivity contribution is 0.128. The molecule has 0 bridgehead atoms. The average Bonchev–Trinajstić information content (AvgIpc) is 2.29. The second kappa shape index (κ2) is 5.45. The Morgan fingerprint density at radius 2 is 2.35 bits per heavy atom. The Hall–Kier alpha value is -1.16. The van der Waals surface area contributed by atoms with Gasteiger partial charge in [0.1, 0.15) is 10.7 Å². The topological polar surface area (TPSA) is 48.1 Å². The van der Waals surface area contributed by atoms with Gasteiger partial charge in [0.2, 0.25) is 0 Å². The van der Waals surface area contributed by atoms with E-state index in [9.17, 15) is 0 Å². The summed E-state index contributed by atoms with van der Waals surface area (Å²) in [5.74, 6) is 1.46. The third-order valence-corrected chi connectivity index (χ3v) is 3.45. The highest BCUT2D eigenvalue weighted by molar-refractivity contribution is 7.80. The molecule has 1 saturated carbocycles. The van der Waals surface area contributed by atoms with Gasteiger partial charge in [-0.3, -0.25) is 4.98 Å². The zero-order chi connectivity index (χ0) is 12.3. The first-order chi connectivity index (χ1) is 8.16. The summed E-state index contributed by atoms with van der Waals surface area (Å²) in [5.41, 5.74) is 6.46. The first kappa shape index (κ1) is 12.3. The van der Waals surface area contributed by atoms with Gasteiger partial charge in [-0.25, -0.2) is 0 Å². The molecule has 92 valence electrons. The van der Waals surface area contributed by atoms with Crippen LogP contribution in [-0.4, -0.2) is 16.1 Å². The van der Waals surface area contributed by atoms with Crippen LogP contribution in [0.4, 0.5) is 0 Å². The Kier molecular flexibility index (Phi) is 3.94. The van der Waals surface area contributed by atoms with E-state index < -0.39 is 0 Å². The summed E-state index contributed by atoms with van der Waals surface area (Å²) in [4.78, 5) is 4.44. The summed E-state index contributed by atoms with van der Waals surface area (Å²) in [6.07, 6.45) is 8.40. The van der Waals surface area contributed by atoms with Gasteiger partial charge >= 0.3 is 0 Å². The minimum absolute atomic E-state index is 0.274. The Morgan fingerprint density at radius 1 is 1.53 bits per heavy atom. The lowest BCUT2D eigenvalue weighted by atomic mass is 9.89. The second-order valence-electron chi connectivity index (χ2n) is 4.75. The lowest BCUT2D eigenvalue weighted by Gasteiger charge is -2.27. The summed E-state index contributed by atoms with van der Waals surface area (Å²) >= 11 is 5.01. The molecule has 1 aliphatic carbocycles. The Morgan fingerprint density at radius 3 is 3.06 bits per heavy atom. The van der Waals surface area contributed by atoms with Crippen LogP contribution >= 0.6 is 12.2 Å². The van der Waals surface area contributed by atoms with E-state index in [0.717, 1.165) is 30.1 Å². The summed E-state index contributed by atoms with van der Waals surface area (Å²) in [5, 5.41) is 0. The monoisotopic (exact) mass is 250 g/mol. The SMILES string of the molecule is CC1CCCC(Oc2cnccc2C(N)=S)C1. The second-order valence-corrected chi connectivity index (χ2v) is 5.19. The molecule has 1 aliphatic rings. The van der Waals surface area contributed by atoms with E-state index in [-0.39, 0.29) is 6.10 Å². The highest BCUT2D eigenvalue weighted by Gasteiger charge is 2.21. The van der Waals surface area contributed by atoms with Crippen molar-refractivity contribution in [2.75, 3.05) is 0 Å². The number of rotatable bonds is 3. The number of nitrogens with zero attached hydrogens (tertiary/aromatic N) is 1. The van der Waals surface area contributed by atoms with E-state index in [2.05, 4.69) is 11.9 Å². The standard InChI is InChI=1S/C13H18N2OS/c1-9-3-2-4-10(7-9)16-12-8-15-6-5-11(12)13(14)17/h5-6,8-10H,2-4,7H2,1H3,(H2,14,17). The van der Waals surface area contributed by atoms with Gasteiger partial charge in [-0.2, -0.15) is 0 Å². The van der Waals surface area contributed by atoms with Crippen molar-refractivity contribution >= 4 is 17.2 Å². The van der Waals surface area contributed by atoms with Crippen LogP contribution in [0.3, 0.4) is 0 Å². The predicted molar refractivity (Wildman–Crippen MR) is 72.2 cm³/mol. The molecule has 0 spiro atoms. The van der Waals surface area contributed by atoms with E-state index in [0.29, 0.717) is 4.99 Å². The zero-order valence-corrected chi connectivity index (χ0v) is 10.9.